The first kappa shape index (κ1) is 16.2. The highest BCUT2D eigenvalue weighted by molar-refractivity contribution is 6.43. The van der Waals surface area contributed by atoms with Crippen molar-refractivity contribution in [3.05, 3.63) is 58.1 Å². The summed E-state index contributed by atoms with van der Waals surface area (Å²) in [4.78, 5) is 14.5. The zero-order valence-corrected chi connectivity index (χ0v) is 14.4. The average molecular weight is 349 g/mol. The van der Waals surface area contributed by atoms with E-state index in [9.17, 15) is 4.79 Å². The number of nitrogens with one attached hydrogen (secondary N) is 1. The molecule has 2 aromatic rings. The second kappa shape index (κ2) is 6.81. The van der Waals surface area contributed by atoms with E-state index < -0.39 is 0 Å². The van der Waals surface area contributed by atoms with Crippen LogP contribution in [0.1, 0.15) is 18.9 Å². The quantitative estimate of drug-likeness (QED) is 0.862. The minimum Gasteiger partial charge on any atom is -0.368 e. The third-order valence-electron chi connectivity index (χ3n) is 4.15. The third kappa shape index (κ3) is 3.46. The van der Waals surface area contributed by atoms with Crippen molar-refractivity contribution in [2.45, 2.75) is 25.8 Å². The molecule has 120 valence electrons. The van der Waals surface area contributed by atoms with Crippen LogP contribution >= 0.6 is 23.2 Å². The molecular weight excluding hydrogens is 331 g/mol. The van der Waals surface area contributed by atoms with E-state index in [-0.39, 0.29) is 5.91 Å². The smallest absolute Gasteiger partial charge is 0.226 e. The molecule has 0 aromatic heterocycles. The summed E-state index contributed by atoms with van der Waals surface area (Å²) in [6, 6.07) is 14.0. The number of carbonyl (C=O) groups excluding carboxylic acids is 1. The van der Waals surface area contributed by atoms with Gasteiger partial charge >= 0.3 is 0 Å². The molecule has 5 heteroatoms. The molecule has 0 spiro atoms. The van der Waals surface area contributed by atoms with Gasteiger partial charge in [0.2, 0.25) is 5.91 Å². The average Bonchev–Trinajstić information content (AvgIpc) is 2.85. The van der Waals surface area contributed by atoms with Crippen molar-refractivity contribution >= 4 is 40.5 Å². The number of para-hydroxylation sites is 1. The first-order valence-electron chi connectivity index (χ1n) is 7.64. The Kier molecular flexibility index (Phi) is 4.79. The maximum absolute atomic E-state index is 12.2. The Labute approximate surface area is 146 Å². The van der Waals surface area contributed by atoms with E-state index in [4.69, 9.17) is 23.2 Å². The minimum atomic E-state index is -0.0641. The molecule has 0 radical (unpaired) electrons. The van der Waals surface area contributed by atoms with Crippen LogP contribution in [0.4, 0.5) is 11.4 Å². The Balaban J connectivity index is 1.62. The van der Waals surface area contributed by atoms with Crippen molar-refractivity contribution in [2.75, 3.05) is 16.8 Å². The van der Waals surface area contributed by atoms with Crippen molar-refractivity contribution in [3.8, 4) is 0 Å². The number of anilines is 2. The number of amides is 1. The van der Waals surface area contributed by atoms with Gasteiger partial charge in [-0.3, -0.25) is 4.79 Å². The van der Waals surface area contributed by atoms with Gasteiger partial charge in [-0.1, -0.05) is 47.5 Å². The predicted molar refractivity (Wildman–Crippen MR) is 96.7 cm³/mol. The molecule has 0 saturated heterocycles. The van der Waals surface area contributed by atoms with E-state index in [1.165, 1.54) is 11.3 Å². The summed E-state index contributed by atoms with van der Waals surface area (Å²) in [7, 11) is 0. The van der Waals surface area contributed by atoms with Gasteiger partial charge in [0, 0.05) is 24.7 Å². The number of hydrogen-bond acceptors (Lipinski definition) is 2. The summed E-state index contributed by atoms with van der Waals surface area (Å²) in [5.74, 6) is -0.0641. The highest BCUT2D eigenvalue weighted by Gasteiger charge is 2.25. The van der Waals surface area contributed by atoms with E-state index >= 15 is 0 Å². The first-order chi connectivity index (χ1) is 11.1. The van der Waals surface area contributed by atoms with Gasteiger partial charge in [-0.25, -0.2) is 0 Å². The van der Waals surface area contributed by atoms with Crippen LogP contribution in [0.25, 0.3) is 0 Å². The molecule has 23 heavy (non-hydrogen) atoms. The summed E-state index contributed by atoms with van der Waals surface area (Å²) in [5, 5.41) is 3.65. The third-order valence-corrected chi connectivity index (χ3v) is 4.97. The van der Waals surface area contributed by atoms with E-state index in [0.717, 1.165) is 6.42 Å². The lowest BCUT2D eigenvalue weighted by molar-refractivity contribution is -0.116. The van der Waals surface area contributed by atoms with E-state index in [0.29, 0.717) is 34.7 Å². The highest BCUT2D eigenvalue weighted by Crippen LogP contribution is 2.32. The molecule has 1 aliphatic heterocycles. The zero-order chi connectivity index (χ0) is 16.4. The number of halogens is 2. The second-order valence-electron chi connectivity index (χ2n) is 5.77. The molecule has 0 aliphatic carbocycles. The van der Waals surface area contributed by atoms with E-state index in [2.05, 4.69) is 35.3 Å². The summed E-state index contributed by atoms with van der Waals surface area (Å²) >= 11 is 12.1. The van der Waals surface area contributed by atoms with Crippen molar-refractivity contribution in [1.29, 1.82) is 0 Å². The first-order valence-corrected chi connectivity index (χ1v) is 8.40. The fraction of sp³-hybridized carbons (Fsp3) is 0.278. The SMILES string of the molecule is CC1Cc2ccccc2N1CCC(=O)Nc1cccc(Cl)c1Cl. The zero-order valence-electron chi connectivity index (χ0n) is 12.9. The fourth-order valence-corrected chi connectivity index (χ4v) is 3.35. The van der Waals surface area contributed by atoms with Crippen molar-refractivity contribution in [1.82, 2.24) is 0 Å². The van der Waals surface area contributed by atoms with Gasteiger partial charge in [-0.15, -0.1) is 0 Å². The van der Waals surface area contributed by atoms with Gasteiger partial charge in [-0.05, 0) is 37.1 Å². The molecule has 1 N–H and O–H groups in total. The van der Waals surface area contributed by atoms with Crippen LogP contribution in [-0.2, 0) is 11.2 Å². The lowest BCUT2D eigenvalue weighted by Crippen LogP contribution is -2.32. The molecule has 3 nitrogen and oxygen atoms in total. The Bertz CT molecular complexity index is 733. The molecule has 2 aromatic carbocycles. The van der Waals surface area contributed by atoms with Gasteiger partial charge in [0.15, 0.2) is 0 Å². The molecular formula is C18H18Cl2N2O. The van der Waals surface area contributed by atoms with Crippen molar-refractivity contribution in [2.24, 2.45) is 0 Å². The Morgan fingerprint density at radius 2 is 2.00 bits per heavy atom. The van der Waals surface area contributed by atoms with Gasteiger partial charge in [0.05, 0.1) is 15.7 Å². The molecule has 1 aliphatic rings. The van der Waals surface area contributed by atoms with Gasteiger partial charge in [0.1, 0.15) is 0 Å². The number of rotatable bonds is 4. The van der Waals surface area contributed by atoms with Crippen LogP contribution in [0.3, 0.4) is 0 Å². The minimum absolute atomic E-state index is 0.0641. The maximum atomic E-state index is 12.2. The normalized spacial score (nSPS) is 16.3. The monoisotopic (exact) mass is 348 g/mol. The molecule has 0 bridgehead atoms. The Hall–Kier alpha value is -1.71. The number of fused-ring (bicyclic) bond motifs is 1. The van der Waals surface area contributed by atoms with Crippen LogP contribution in [0.5, 0.6) is 0 Å². The standard InChI is InChI=1S/C18H18Cl2N2O/c1-12-11-13-5-2-3-8-16(13)22(12)10-9-17(23)21-15-7-4-6-14(19)18(15)20/h2-8,12H,9-11H2,1H3,(H,21,23). The van der Waals surface area contributed by atoms with Crippen molar-refractivity contribution in [3.63, 3.8) is 0 Å². The number of hydrogen-bond donors (Lipinski definition) is 1. The van der Waals surface area contributed by atoms with Crippen LogP contribution in [0, 0.1) is 0 Å². The second-order valence-corrected chi connectivity index (χ2v) is 6.56. The molecule has 0 fully saturated rings. The fourth-order valence-electron chi connectivity index (χ4n) is 3.01. The summed E-state index contributed by atoms with van der Waals surface area (Å²) in [6.45, 7) is 2.87. The highest BCUT2D eigenvalue weighted by atomic mass is 35.5. The van der Waals surface area contributed by atoms with Gasteiger partial charge in [-0.2, -0.15) is 0 Å². The van der Waals surface area contributed by atoms with Gasteiger partial charge < -0.3 is 10.2 Å². The van der Waals surface area contributed by atoms with Crippen molar-refractivity contribution < 1.29 is 4.79 Å². The van der Waals surface area contributed by atoms with Gasteiger partial charge in [0.25, 0.3) is 0 Å². The molecule has 1 heterocycles. The maximum Gasteiger partial charge on any atom is 0.226 e. The lowest BCUT2D eigenvalue weighted by atomic mass is 10.1. The molecule has 1 unspecified atom stereocenters. The molecule has 3 rings (SSSR count). The molecule has 1 amide bonds. The summed E-state index contributed by atoms with van der Waals surface area (Å²) < 4.78 is 0. The summed E-state index contributed by atoms with van der Waals surface area (Å²) in [6.07, 6.45) is 1.43. The molecule has 0 saturated carbocycles. The largest absolute Gasteiger partial charge is 0.368 e. The summed E-state index contributed by atoms with van der Waals surface area (Å²) in [5.41, 5.74) is 3.13. The number of carbonyl (C=O) groups is 1. The van der Waals surface area contributed by atoms with Crippen LogP contribution < -0.4 is 10.2 Å². The van der Waals surface area contributed by atoms with E-state index in [1.807, 2.05) is 6.07 Å². The number of benzene rings is 2. The van der Waals surface area contributed by atoms with Crippen LogP contribution in [0.15, 0.2) is 42.5 Å². The lowest BCUT2D eigenvalue weighted by Gasteiger charge is -2.24. The van der Waals surface area contributed by atoms with Crippen LogP contribution in [-0.4, -0.2) is 18.5 Å². The number of nitrogens with zero attached hydrogens (tertiary/aromatic N) is 1. The van der Waals surface area contributed by atoms with Crippen LogP contribution in [0.2, 0.25) is 10.0 Å². The molecule has 1 atom stereocenters. The predicted octanol–water partition coefficient (Wildman–Crippen LogP) is 4.77. The van der Waals surface area contributed by atoms with E-state index in [1.54, 1.807) is 18.2 Å². The topological polar surface area (TPSA) is 32.3 Å². The Morgan fingerprint density at radius 1 is 1.22 bits per heavy atom. The Morgan fingerprint density at radius 3 is 2.83 bits per heavy atom.